The lowest BCUT2D eigenvalue weighted by molar-refractivity contribution is 0.0736. The zero-order valence-corrected chi connectivity index (χ0v) is 15.7. The number of nitrogens with one attached hydrogen (secondary N) is 1. The van der Waals surface area contributed by atoms with E-state index in [9.17, 15) is 9.59 Å². The van der Waals surface area contributed by atoms with Crippen LogP contribution in [0, 0.1) is 13.8 Å². The highest BCUT2D eigenvalue weighted by Crippen LogP contribution is 2.20. The summed E-state index contributed by atoms with van der Waals surface area (Å²) in [5.74, 6) is -0.118. The first kappa shape index (κ1) is 18.4. The lowest BCUT2D eigenvalue weighted by Gasteiger charge is -2.22. The van der Waals surface area contributed by atoms with Crippen molar-refractivity contribution in [3.8, 4) is 0 Å². The van der Waals surface area contributed by atoms with E-state index in [1.807, 2.05) is 43.5 Å². The molecule has 5 nitrogen and oxygen atoms in total. The van der Waals surface area contributed by atoms with Crippen LogP contribution < -0.4 is 5.56 Å². The highest BCUT2D eigenvalue weighted by atomic mass is 32.1. The summed E-state index contributed by atoms with van der Waals surface area (Å²) in [5, 5.41) is 11.9. The molecule has 0 atom stereocenters. The molecule has 26 heavy (non-hydrogen) atoms. The summed E-state index contributed by atoms with van der Waals surface area (Å²) in [6, 6.07) is 9.47. The largest absolute Gasteiger partial charge is 0.396 e. The number of aryl methyl sites for hydroxylation is 2. The van der Waals surface area contributed by atoms with Crippen molar-refractivity contribution in [2.75, 3.05) is 13.2 Å². The van der Waals surface area contributed by atoms with Gasteiger partial charge in [-0.3, -0.25) is 9.59 Å². The van der Waals surface area contributed by atoms with E-state index >= 15 is 0 Å². The topological polar surface area (TPSA) is 73.4 Å². The van der Waals surface area contributed by atoms with Gasteiger partial charge in [-0.15, -0.1) is 11.3 Å². The Morgan fingerprint density at radius 1 is 1.27 bits per heavy atom. The third-order valence-electron chi connectivity index (χ3n) is 4.59. The summed E-state index contributed by atoms with van der Waals surface area (Å²) in [4.78, 5) is 30.5. The van der Waals surface area contributed by atoms with Gasteiger partial charge in [-0.25, -0.2) is 0 Å². The van der Waals surface area contributed by atoms with Gasteiger partial charge in [-0.1, -0.05) is 18.2 Å². The molecular formula is C20H22N2O3S. The molecule has 3 rings (SSSR count). The number of pyridine rings is 1. The van der Waals surface area contributed by atoms with Gasteiger partial charge in [-0.05, 0) is 54.3 Å². The van der Waals surface area contributed by atoms with Crippen LogP contribution in [-0.2, 0) is 6.54 Å². The molecule has 1 amide bonds. The number of aliphatic hydroxyl groups excluding tert-OH is 1. The van der Waals surface area contributed by atoms with Gasteiger partial charge in [0, 0.05) is 18.7 Å². The quantitative estimate of drug-likeness (QED) is 0.700. The molecule has 0 radical (unpaired) electrons. The average molecular weight is 370 g/mol. The Morgan fingerprint density at radius 3 is 2.77 bits per heavy atom. The van der Waals surface area contributed by atoms with Crippen LogP contribution >= 0.6 is 11.3 Å². The minimum atomic E-state index is -0.181. The Labute approximate surface area is 155 Å². The second-order valence-electron chi connectivity index (χ2n) is 6.38. The highest BCUT2D eigenvalue weighted by Gasteiger charge is 2.18. The minimum absolute atomic E-state index is 0.000763. The van der Waals surface area contributed by atoms with Crippen molar-refractivity contribution in [2.24, 2.45) is 0 Å². The van der Waals surface area contributed by atoms with Gasteiger partial charge in [0.1, 0.15) is 0 Å². The Morgan fingerprint density at radius 2 is 2.08 bits per heavy atom. The molecule has 0 unspecified atom stereocenters. The van der Waals surface area contributed by atoms with E-state index in [-0.39, 0.29) is 24.6 Å². The number of aromatic nitrogens is 1. The number of aliphatic hydroxyl groups is 1. The minimum Gasteiger partial charge on any atom is -0.396 e. The molecule has 0 fully saturated rings. The fraction of sp³-hybridized carbons (Fsp3) is 0.300. The van der Waals surface area contributed by atoms with Gasteiger partial charge in [0.2, 0.25) is 0 Å². The van der Waals surface area contributed by atoms with Crippen molar-refractivity contribution in [1.82, 2.24) is 9.88 Å². The molecule has 6 heteroatoms. The fourth-order valence-corrected chi connectivity index (χ4v) is 3.65. The number of fused-ring (bicyclic) bond motifs is 1. The summed E-state index contributed by atoms with van der Waals surface area (Å²) >= 11 is 1.37. The van der Waals surface area contributed by atoms with Crippen LogP contribution in [0.4, 0.5) is 0 Å². The number of hydrogen-bond donors (Lipinski definition) is 2. The molecule has 136 valence electrons. The SMILES string of the molecule is Cc1ccc2cc(CN(CCCO)C(=O)c3cccs3)c(=O)[nH]c2c1C. The Balaban J connectivity index is 1.95. The summed E-state index contributed by atoms with van der Waals surface area (Å²) in [6.45, 7) is 4.62. The lowest BCUT2D eigenvalue weighted by atomic mass is 10.0. The van der Waals surface area contributed by atoms with Crippen molar-refractivity contribution >= 4 is 28.1 Å². The Hall–Kier alpha value is -2.44. The number of rotatable bonds is 6. The number of benzene rings is 1. The number of thiophene rings is 1. The number of aromatic amines is 1. The maximum atomic E-state index is 12.7. The number of carbonyl (C=O) groups is 1. The predicted molar refractivity (Wildman–Crippen MR) is 105 cm³/mol. The van der Waals surface area contributed by atoms with E-state index in [1.54, 1.807) is 11.0 Å². The monoisotopic (exact) mass is 370 g/mol. The molecule has 0 saturated heterocycles. The van der Waals surface area contributed by atoms with Crippen LogP contribution in [-0.4, -0.2) is 34.0 Å². The molecule has 0 aliphatic heterocycles. The van der Waals surface area contributed by atoms with E-state index < -0.39 is 0 Å². The van der Waals surface area contributed by atoms with Gasteiger partial charge in [0.15, 0.2) is 0 Å². The van der Waals surface area contributed by atoms with E-state index in [0.717, 1.165) is 22.0 Å². The fourth-order valence-electron chi connectivity index (χ4n) is 2.96. The zero-order chi connectivity index (χ0) is 18.7. The molecular weight excluding hydrogens is 348 g/mol. The summed E-state index contributed by atoms with van der Waals surface area (Å²) in [5.41, 5.74) is 3.38. The maximum absolute atomic E-state index is 12.7. The van der Waals surface area contributed by atoms with Crippen molar-refractivity contribution < 1.29 is 9.90 Å². The smallest absolute Gasteiger partial charge is 0.264 e. The first-order valence-corrected chi connectivity index (χ1v) is 9.45. The maximum Gasteiger partial charge on any atom is 0.264 e. The number of carbonyl (C=O) groups excluding carboxylic acids is 1. The average Bonchev–Trinajstić information content (AvgIpc) is 3.17. The Kier molecular flexibility index (Phi) is 5.54. The molecule has 0 saturated carbocycles. The summed E-state index contributed by atoms with van der Waals surface area (Å²) < 4.78 is 0. The molecule has 0 aliphatic rings. The van der Waals surface area contributed by atoms with E-state index in [4.69, 9.17) is 5.11 Å². The molecule has 2 N–H and O–H groups in total. The van der Waals surface area contributed by atoms with Gasteiger partial charge in [0.25, 0.3) is 11.5 Å². The highest BCUT2D eigenvalue weighted by molar-refractivity contribution is 7.12. The van der Waals surface area contributed by atoms with Gasteiger partial charge in [-0.2, -0.15) is 0 Å². The van der Waals surface area contributed by atoms with Crippen LogP contribution in [0.25, 0.3) is 10.9 Å². The van der Waals surface area contributed by atoms with Gasteiger partial charge in [0.05, 0.1) is 16.9 Å². The molecule has 1 aromatic carbocycles. The number of hydrogen-bond acceptors (Lipinski definition) is 4. The summed E-state index contributed by atoms with van der Waals surface area (Å²) in [7, 11) is 0. The molecule has 0 bridgehead atoms. The van der Waals surface area contributed by atoms with Crippen molar-refractivity contribution in [3.05, 3.63) is 67.6 Å². The van der Waals surface area contributed by atoms with E-state index in [2.05, 4.69) is 4.98 Å². The molecule has 0 spiro atoms. The normalized spacial score (nSPS) is 11.0. The van der Waals surface area contributed by atoms with E-state index in [1.165, 1.54) is 11.3 Å². The van der Waals surface area contributed by atoms with E-state index in [0.29, 0.717) is 23.4 Å². The van der Waals surface area contributed by atoms with Crippen LogP contribution in [0.5, 0.6) is 0 Å². The van der Waals surface area contributed by atoms with Crippen LogP contribution in [0.3, 0.4) is 0 Å². The second-order valence-corrected chi connectivity index (χ2v) is 7.32. The lowest BCUT2D eigenvalue weighted by Crippen LogP contribution is -2.33. The Bertz CT molecular complexity index is 977. The molecule has 3 aromatic rings. The van der Waals surface area contributed by atoms with Crippen LogP contribution in [0.1, 0.15) is 32.8 Å². The number of nitrogens with zero attached hydrogens (tertiary/aromatic N) is 1. The van der Waals surface area contributed by atoms with Crippen LogP contribution in [0.2, 0.25) is 0 Å². The van der Waals surface area contributed by atoms with Crippen LogP contribution in [0.15, 0.2) is 40.5 Å². The van der Waals surface area contributed by atoms with Crippen molar-refractivity contribution in [3.63, 3.8) is 0 Å². The molecule has 0 aliphatic carbocycles. The van der Waals surface area contributed by atoms with Gasteiger partial charge < -0.3 is 15.0 Å². The first-order chi connectivity index (χ1) is 12.5. The predicted octanol–water partition coefficient (Wildman–Crippen LogP) is 3.23. The number of amides is 1. The van der Waals surface area contributed by atoms with Gasteiger partial charge >= 0.3 is 0 Å². The van der Waals surface area contributed by atoms with Crippen molar-refractivity contribution in [1.29, 1.82) is 0 Å². The zero-order valence-electron chi connectivity index (χ0n) is 14.9. The van der Waals surface area contributed by atoms with Crippen molar-refractivity contribution in [2.45, 2.75) is 26.8 Å². The second kappa shape index (κ2) is 7.85. The third-order valence-corrected chi connectivity index (χ3v) is 5.45. The standard InChI is InChI=1S/C20H22N2O3S/c1-13-6-7-15-11-16(19(24)21-18(15)14(13)2)12-22(8-4-9-23)20(25)17-5-3-10-26-17/h3,5-7,10-11,23H,4,8-9,12H2,1-2H3,(H,21,24). The molecule has 2 heterocycles. The summed E-state index contributed by atoms with van der Waals surface area (Å²) in [6.07, 6.45) is 0.473. The third kappa shape index (κ3) is 3.71. The molecule has 2 aromatic heterocycles. The first-order valence-electron chi connectivity index (χ1n) is 8.57. The number of H-pyrrole nitrogens is 1.